The second-order valence-corrected chi connectivity index (χ2v) is 18.8. The lowest BCUT2D eigenvalue weighted by Crippen LogP contribution is -2.41. The summed E-state index contributed by atoms with van der Waals surface area (Å²) in [4.78, 5) is 123. The summed E-state index contributed by atoms with van der Waals surface area (Å²) in [6, 6.07) is -6.13. The molecule has 1 fully saturated rings. The fraction of sp³-hybridized carbons (Fsp3) is 0.750. The summed E-state index contributed by atoms with van der Waals surface area (Å²) in [5, 5.41) is 59.7. The van der Waals surface area contributed by atoms with Gasteiger partial charge in [-0.2, -0.15) is 0 Å². The number of nitrogens with one attached hydrogen (secondary N) is 1. The van der Waals surface area contributed by atoms with Crippen LogP contribution in [-0.2, 0) is 67.0 Å². The van der Waals surface area contributed by atoms with Crippen LogP contribution in [0.2, 0.25) is 0 Å². The van der Waals surface area contributed by atoms with Crippen LogP contribution < -0.4 is 79.9 Å². The summed E-state index contributed by atoms with van der Waals surface area (Å²) in [5.74, 6) is -9.21. The number of primary amides is 2. The van der Waals surface area contributed by atoms with E-state index in [4.69, 9.17) is 93.1 Å². The molecular formula is C48H102N14O21. The lowest BCUT2D eigenvalue weighted by molar-refractivity contribution is -0.162. The highest BCUT2D eigenvalue weighted by molar-refractivity contribution is 5.90. The number of aliphatic carboxylic acids is 7. The number of nitrogens with two attached hydrogens (primary N) is 13. The first-order chi connectivity index (χ1) is 38.0. The van der Waals surface area contributed by atoms with Crippen molar-refractivity contribution in [3.8, 4) is 0 Å². The molecule has 0 spiro atoms. The maximum Gasteiger partial charge on any atom is 0.330 e. The van der Waals surface area contributed by atoms with E-state index < -0.39 is 114 Å². The molecule has 2 amide bonds. The highest BCUT2D eigenvalue weighted by Crippen LogP contribution is 2.07. The van der Waals surface area contributed by atoms with Gasteiger partial charge in [0.15, 0.2) is 0 Å². The molecule has 1 aliphatic rings. The van der Waals surface area contributed by atoms with E-state index in [2.05, 4.69) is 32.0 Å². The third kappa shape index (κ3) is 71.4. The van der Waals surface area contributed by atoms with E-state index in [0.717, 1.165) is 38.6 Å². The van der Waals surface area contributed by atoms with Crippen molar-refractivity contribution in [1.82, 2.24) is 5.32 Å². The lowest BCUT2D eigenvalue weighted by Gasteiger charge is -2.15. The Morgan fingerprint density at radius 1 is 0.518 bits per heavy atom. The van der Waals surface area contributed by atoms with Crippen molar-refractivity contribution in [2.24, 2.45) is 98.2 Å². The molecule has 0 bridgehead atoms. The second kappa shape index (κ2) is 58.6. The number of carbonyl (C=O) groups is 12. The number of hydrogen-bond acceptors (Lipinski definition) is 26. The molecule has 83 heavy (non-hydrogen) atoms. The summed E-state index contributed by atoms with van der Waals surface area (Å²) in [7, 11) is 0. The minimum absolute atomic E-state index is 0.0213. The Morgan fingerprint density at radius 2 is 0.928 bits per heavy atom. The monoisotopic (exact) mass is 1210 g/mol. The van der Waals surface area contributed by atoms with Gasteiger partial charge in [-0.1, -0.05) is 68.2 Å². The minimum atomic E-state index is -1.21. The Bertz CT molecular complexity index is 1800. The van der Waals surface area contributed by atoms with E-state index >= 15 is 0 Å². The van der Waals surface area contributed by atoms with E-state index in [1.165, 1.54) is 0 Å². The van der Waals surface area contributed by atoms with Crippen LogP contribution in [0.3, 0.4) is 0 Å². The third-order valence-electron chi connectivity index (χ3n) is 9.73. The van der Waals surface area contributed by atoms with Crippen LogP contribution in [0.15, 0.2) is 0 Å². The van der Waals surface area contributed by atoms with Gasteiger partial charge in [-0.15, -0.1) is 0 Å². The molecule has 0 aliphatic carbocycles. The maximum atomic E-state index is 11.5. The lowest BCUT2D eigenvalue weighted by atomic mass is 10.0. The zero-order valence-corrected chi connectivity index (χ0v) is 49.1. The first-order valence-corrected chi connectivity index (χ1v) is 25.9. The predicted molar refractivity (Wildman–Crippen MR) is 303 cm³/mol. The Balaban J connectivity index is -0.000000131. The first-order valence-electron chi connectivity index (χ1n) is 25.9. The first kappa shape index (κ1) is 92.8. The van der Waals surface area contributed by atoms with Crippen molar-refractivity contribution >= 4 is 71.5 Å². The van der Waals surface area contributed by atoms with Crippen LogP contribution in [0.1, 0.15) is 120 Å². The maximum absolute atomic E-state index is 11.5. The molecule has 0 aromatic carbocycles. The average molecular weight is 1210 g/mol. The van der Waals surface area contributed by atoms with Gasteiger partial charge >= 0.3 is 59.7 Å². The fourth-order valence-corrected chi connectivity index (χ4v) is 4.52. The highest BCUT2D eigenvalue weighted by Gasteiger charge is 2.24. The zero-order valence-electron chi connectivity index (χ0n) is 49.1. The molecule has 1 saturated heterocycles. The summed E-state index contributed by atoms with van der Waals surface area (Å²) in [6.07, 6.45) is 5.74. The van der Waals surface area contributed by atoms with Crippen molar-refractivity contribution in [3.05, 3.63) is 0 Å². The zero-order chi connectivity index (χ0) is 67.3. The van der Waals surface area contributed by atoms with Gasteiger partial charge in [0, 0.05) is 6.42 Å². The molecule has 1 rings (SSSR count). The molecule has 1 heterocycles. The van der Waals surface area contributed by atoms with Crippen molar-refractivity contribution in [2.75, 3.05) is 39.3 Å². The van der Waals surface area contributed by atoms with Gasteiger partial charge in [0.25, 0.3) is 0 Å². The Morgan fingerprint density at radius 3 is 1.18 bits per heavy atom. The summed E-state index contributed by atoms with van der Waals surface area (Å²) >= 11 is 0. The number of carboxylic acid groups (broad SMARTS) is 7. The van der Waals surface area contributed by atoms with Gasteiger partial charge in [0.05, 0.1) is 19.6 Å². The van der Waals surface area contributed by atoms with Crippen LogP contribution >= 0.6 is 0 Å². The van der Waals surface area contributed by atoms with Gasteiger partial charge in [-0.25, -0.2) is 9.59 Å². The van der Waals surface area contributed by atoms with E-state index in [-0.39, 0.29) is 62.9 Å². The Labute approximate surface area is 484 Å². The van der Waals surface area contributed by atoms with Crippen molar-refractivity contribution < 1.29 is 103 Å². The smallest absolute Gasteiger partial charge is 0.330 e. The van der Waals surface area contributed by atoms with E-state index in [1.54, 1.807) is 13.8 Å². The standard InChI is InChI=1S/C12H25N3O3.C8H16N2O4.2C6H13NO2.C5H10N2O3.C5H9NO2.C2H6N2O.2C2H5NO2/c1-8(2)7-10(15)12(17)18-11(16)9(14)5-3-4-6-13;1-4(2)6(10)8(13)14-3-5(9)7(11)12;1-4(2)3-5(7)6(8)9;1-3-4(2)5(7)6(8)9;6-3(5(9)10)1-2-4(7)8;7-5(8)4-2-1-3-6-4;3*3-1-2(4)5/h8-10H,3-7,13-15H2,1-2H3;4-6H,3,9-10H2,1-2H3,(H,11,12);2*4-5H,3,7H2,1-2H3,(H,8,9);3H,1-2,6H2,(H2,7,8)(H,9,10);4,6H,1-3H2,(H,7,8);1,3H2,(H2,4,5);2*1,3H2,(H,4,5)/t9-,10-;5-,6-;5-;4-,5-;3-;4-;;;/m000000.../s1. The largest absolute Gasteiger partial charge is 0.480 e. The van der Waals surface area contributed by atoms with Crippen molar-refractivity contribution in [1.29, 1.82) is 0 Å². The number of unbranched alkanes of at least 4 members (excludes halogenated alkanes) is 1. The fourth-order valence-electron chi connectivity index (χ4n) is 4.52. The van der Waals surface area contributed by atoms with Crippen LogP contribution in [0.4, 0.5) is 0 Å². The van der Waals surface area contributed by atoms with Crippen molar-refractivity contribution in [2.45, 2.75) is 168 Å². The van der Waals surface area contributed by atoms with Crippen LogP contribution in [0.25, 0.3) is 0 Å². The van der Waals surface area contributed by atoms with Crippen LogP contribution in [0, 0.1) is 23.7 Å². The molecule has 35 heteroatoms. The molecule has 1 aliphatic heterocycles. The molecule has 0 aromatic rings. The molecule has 0 saturated carbocycles. The summed E-state index contributed by atoms with van der Waals surface area (Å²) in [6.45, 7) is 15.5. The van der Waals surface area contributed by atoms with Gasteiger partial charge in [-0.05, 0) is 81.7 Å². The second-order valence-electron chi connectivity index (χ2n) is 18.8. The summed E-state index contributed by atoms with van der Waals surface area (Å²) < 4.78 is 9.26. The number of hydrogen-bond donors (Lipinski definition) is 21. The number of carboxylic acids is 7. The van der Waals surface area contributed by atoms with Crippen LogP contribution in [0.5, 0.6) is 0 Å². The van der Waals surface area contributed by atoms with Gasteiger partial charge in [-0.3, -0.25) is 47.9 Å². The molecule has 0 aromatic heterocycles. The quantitative estimate of drug-likeness (QED) is 0.0207. The van der Waals surface area contributed by atoms with Crippen LogP contribution in [-0.4, -0.2) is 195 Å². The number of carbonyl (C=O) groups excluding carboxylic acids is 5. The number of esters is 3. The average Bonchev–Trinajstić information content (AvgIpc) is 3.95. The molecule has 34 N–H and O–H groups in total. The number of rotatable bonds is 27. The normalized spacial score (nSPS) is 14.5. The minimum Gasteiger partial charge on any atom is -0.480 e. The molecule has 35 nitrogen and oxygen atoms in total. The molecular weight excluding hydrogens is 1110 g/mol. The predicted octanol–water partition coefficient (Wildman–Crippen LogP) is -5.32. The third-order valence-corrected chi connectivity index (χ3v) is 9.73. The SMILES string of the molecule is CC(C)C[C@H](N)C(=O)O.CC(C)C[C@H](N)C(=O)OC(=O)[C@@H](N)CCCCN.CC(C)[C@H](N)C(=O)OC[C@H](N)C(=O)O.CC[C@H](C)[C@H](N)C(=O)O.NC(=O)CC[C@H](N)C(=O)O.NCC(=O)O.NCC(=O)O.NCC(N)=O.O=C(O)[C@@H]1CCCN1. The van der Waals surface area contributed by atoms with Crippen molar-refractivity contribution in [3.63, 3.8) is 0 Å². The van der Waals surface area contributed by atoms with E-state index in [9.17, 15) is 57.5 Å². The van der Waals surface area contributed by atoms with Gasteiger partial charge in [0.2, 0.25) is 11.8 Å². The highest BCUT2D eigenvalue weighted by atomic mass is 16.6. The van der Waals surface area contributed by atoms with E-state index in [1.807, 2.05) is 41.5 Å². The molecule has 9 atom stereocenters. The molecule has 0 radical (unpaired) electrons. The topological polar surface area (TPSA) is 715 Å². The van der Waals surface area contributed by atoms with E-state index in [0.29, 0.717) is 31.7 Å². The molecule has 0 unspecified atom stereocenters. The Kier molecular flexibility index (Phi) is 65.5. The van der Waals surface area contributed by atoms with Gasteiger partial charge < -0.3 is 125 Å². The Hall–Kier alpha value is -6.64. The molecule has 490 valence electrons. The van der Waals surface area contributed by atoms with Gasteiger partial charge in [0.1, 0.15) is 54.9 Å². The number of amides is 2. The number of ether oxygens (including phenoxy) is 2. The summed E-state index contributed by atoms with van der Waals surface area (Å²) in [5.41, 5.74) is 65.8.